The van der Waals surface area contributed by atoms with Crippen LogP contribution in [0.25, 0.3) is 0 Å². The minimum atomic E-state index is -0.805. The van der Waals surface area contributed by atoms with Gasteiger partial charge >= 0.3 is 5.97 Å². The highest BCUT2D eigenvalue weighted by Crippen LogP contribution is 2.12. The lowest BCUT2D eigenvalue weighted by atomic mass is 9.98. The van der Waals surface area contributed by atoms with Crippen LogP contribution in [0.15, 0.2) is 0 Å². The molecule has 1 aliphatic rings. The summed E-state index contributed by atoms with van der Waals surface area (Å²) in [6, 6.07) is 0. The second kappa shape index (κ2) is 6.48. The Bertz CT molecular complexity index is 250. The summed E-state index contributed by atoms with van der Waals surface area (Å²) in [5.41, 5.74) is 0. The second-order valence-corrected chi connectivity index (χ2v) is 4.30. The Morgan fingerprint density at radius 3 is 2.81 bits per heavy atom. The van der Waals surface area contributed by atoms with Crippen molar-refractivity contribution in [2.24, 2.45) is 5.92 Å². The summed E-state index contributed by atoms with van der Waals surface area (Å²) in [5.74, 6) is -0.596. The second-order valence-electron chi connectivity index (χ2n) is 4.30. The fraction of sp³-hybridized carbons (Fsp3) is 0.818. The van der Waals surface area contributed by atoms with Crippen molar-refractivity contribution in [3.63, 3.8) is 0 Å². The van der Waals surface area contributed by atoms with Gasteiger partial charge in [-0.1, -0.05) is 0 Å². The number of amides is 1. The van der Waals surface area contributed by atoms with Crippen LogP contribution in [0.2, 0.25) is 0 Å². The van der Waals surface area contributed by atoms with Crippen LogP contribution in [0.4, 0.5) is 0 Å². The lowest BCUT2D eigenvalue weighted by molar-refractivity contribution is -0.138. The third-order valence-corrected chi connectivity index (χ3v) is 2.91. The maximum absolute atomic E-state index is 11.9. The van der Waals surface area contributed by atoms with Crippen molar-refractivity contribution in [2.75, 3.05) is 26.7 Å². The zero-order valence-corrected chi connectivity index (χ0v) is 9.74. The van der Waals surface area contributed by atoms with Gasteiger partial charge < -0.3 is 15.3 Å². The summed E-state index contributed by atoms with van der Waals surface area (Å²) in [6.07, 6.45) is 2.63. The average molecular weight is 228 g/mol. The molecule has 1 saturated heterocycles. The largest absolute Gasteiger partial charge is 0.481 e. The van der Waals surface area contributed by atoms with Gasteiger partial charge in [0.15, 0.2) is 0 Å². The Morgan fingerprint density at radius 1 is 1.50 bits per heavy atom. The summed E-state index contributed by atoms with van der Waals surface area (Å²) in [5, 5.41) is 11.7. The number of rotatable bonds is 5. The summed E-state index contributed by atoms with van der Waals surface area (Å²) in [6.45, 7) is 2.27. The van der Waals surface area contributed by atoms with Gasteiger partial charge in [0.05, 0.1) is 5.92 Å². The number of carbonyl (C=O) groups is 2. The summed E-state index contributed by atoms with van der Waals surface area (Å²) in [4.78, 5) is 23.9. The number of carboxylic acids is 1. The summed E-state index contributed by atoms with van der Waals surface area (Å²) in [7, 11) is 1.75. The van der Waals surface area contributed by atoms with Crippen LogP contribution in [0, 0.1) is 5.92 Å². The number of carboxylic acid groups (broad SMARTS) is 1. The number of aliphatic carboxylic acids is 1. The molecule has 5 nitrogen and oxygen atoms in total. The van der Waals surface area contributed by atoms with Gasteiger partial charge in [-0.25, -0.2) is 0 Å². The molecule has 0 unspecified atom stereocenters. The molecule has 0 spiro atoms. The summed E-state index contributed by atoms with van der Waals surface area (Å²) < 4.78 is 0. The molecule has 92 valence electrons. The van der Waals surface area contributed by atoms with Gasteiger partial charge in [0.1, 0.15) is 0 Å². The predicted molar refractivity (Wildman–Crippen MR) is 60.1 cm³/mol. The van der Waals surface area contributed by atoms with E-state index in [-0.39, 0.29) is 18.2 Å². The molecule has 1 heterocycles. The van der Waals surface area contributed by atoms with Crippen LogP contribution >= 0.6 is 0 Å². The Hall–Kier alpha value is -1.10. The third kappa shape index (κ3) is 4.18. The molecule has 0 saturated carbocycles. The molecule has 1 fully saturated rings. The Morgan fingerprint density at radius 2 is 2.25 bits per heavy atom. The molecule has 0 aliphatic carbocycles. The van der Waals surface area contributed by atoms with Crippen molar-refractivity contribution in [3.05, 3.63) is 0 Å². The van der Waals surface area contributed by atoms with Crippen LogP contribution in [-0.2, 0) is 9.59 Å². The van der Waals surface area contributed by atoms with E-state index in [2.05, 4.69) is 5.32 Å². The maximum atomic E-state index is 11.9. The third-order valence-electron chi connectivity index (χ3n) is 2.91. The van der Waals surface area contributed by atoms with E-state index in [1.165, 1.54) is 0 Å². The minimum Gasteiger partial charge on any atom is -0.481 e. The van der Waals surface area contributed by atoms with Gasteiger partial charge in [0, 0.05) is 26.6 Å². The molecular weight excluding hydrogens is 208 g/mol. The van der Waals surface area contributed by atoms with Gasteiger partial charge in [-0.05, 0) is 25.8 Å². The van der Waals surface area contributed by atoms with E-state index in [1.54, 1.807) is 11.9 Å². The van der Waals surface area contributed by atoms with E-state index in [9.17, 15) is 9.59 Å². The molecule has 0 radical (unpaired) electrons. The van der Waals surface area contributed by atoms with Crippen LogP contribution in [0.1, 0.15) is 25.7 Å². The zero-order valence-electron chi connectivity index (χ0n) is 9.74. The topological polar surface area (TPSA) is 69.6 Å². The molecule has 1 rings (SSSR count). The van der Waals surface area contributed by atoms with E-state index in [1.807, 2.05) is 0 Å². The van der Waals surface area contributed by atoms with Crippen LogP contribution < -0.4 is 5.32 Å². The SMILES string of the molecule is CN(CCCC(=O)O)C(=O)[C@H]1CCCNC1. The van der Waals surface area contributed by atoms with Crippen LogP contribution in [0.3, 0.4) is 0 Å². The first-order valence-electron chi connectivity index (χ1n) is 5.78. The number of nitrogens with zero attached hydrogens (tertiary/aromatic N) is 1. The number of hydrogen-bond acceptors (Lipinski definition) is 3. The lowest BCUT2D eigenvalue weighted by Gasteiger charge is -2.26. The molecule has 16 heavy (non-hydrogen) atoms. The Balaban J connectivity index is 2.26. The molecule has 1 amide bonds. The van der Waals surface area contributed by atoms with Crippen LogP contribution in [0.5, 0.6) is 0 Å². The maximum Gasteiger partial charge on any atom is 0.303 e. The average Bonchev–Trinajstić information content (AvgIpc) is 2.28. The van der Waals surface area contributed by atoms with E-state index >= 15 is 0 Å². The molecule has 1 atom stereocenters. The quantitative estimate of drug-likeness (QED) is 0.710. The molecule has 5 heteroatoms. The lowest BCUT2D eigenvalue weighted by Crippen LogP contribution is -2.41. The molecule has 0 bridgehead atoms. The fourth-order valence-electron chi connectivity index (χ4n) is 1.95. The first-order valence-corrected chi connectivity index (χ1v) is 5.78. The molecular formula is C11H20N2O3. The van der Waals surface area contributed by atoms with Gasteiger partial charge in [0.25, 0.3) is 0 Å². The van der Waals surface area contributed by atoms with Gasteiger partial charge in [-0.15, -0.1) is 0 Å². The van der Waals surface area contributed by atoms with Gasteiger partial charge in [0.2, 0.25) is 5.91 Å². The van der Waals surface area contributed by atoms with Crippen molar-refractivity contribution in [2.45, 2.75) is 25.7 Å². The van der Waals surface area contributed by atoms with Crippen molar-refractivity contribution < 1.29 is 14.7 Å². The standard InChI is InChI=1S/C11H20N2O3/c1-13(7-3-5-10(14)15)11(16)9-4-2-6-12-8-9/h9,12H,2-8H2,1H3,(H,14,15)/t9-/m0/s1. The molecule has 2 N–H and O–H groups in total. The smallest absolute Gasteiger partial charge is 0.303 e. The van der Waals surface area contributed by atoms with Gasteiger partial charge in [-0.2, -0.15) is 0 Å². The van der Waals surface area contributed by atoms with Crippen molar-refractivity contribution in [1.82, 2.24) is 10.2 Å². The molecule has 0 aromatic carbocycles. The zero-order chi connectivity index (χ0) is 12.0. The Kier molecular flexibility index (Phi) is 5.25. The molecule has 0 aromatic rings. The van der Waals surface area contributed by atoms with Crippen molar-refractivity contribution in [1.29, 1.82) is 0 Å². The number of piperidine rings is 1. The fourth-order valence-corrected chi connectivity index (χ4v) is 1.95. The molecule has 0 aromatic heterocycles. The Labute approximate surface area is 95.8 Å². The van der Waals surface area contributed by atoms with E-state index in [4.69, 9.17) is 5.11 Å². The molecule has 1 aliphatic heterocycles. The summed E-state index contributed by atoms with van der Waals surface area (Å²) >= 11 is 0. The highest BCUT2D eigenvalue weighted by molar-refractivity contribution is 5.79. The minimum absolute atomic E-state index is 0.0728. The van der Waals surface area contributed by atoms with E-state index in [0.717, 1.165) is 25.9 Å². The first kappa shape index (κ1) is 13.0. The number of carbonyl (C=O) groups excluding carboxylic acids is 1. The normalized spacial score (nSPS) is 20.4. The van der Waals surface area contributed by atoms with Crippen LogP contribution in [-0.4, -0.2) is 48.6 Å². The number of hydrogen-bond donors (Lipinski definition) is 2. The highest BCUT2D eigenvalue weighted by atomic mass is 16.4. The monoisotopic (exact) mass is 228 g/mol. The van der Waals surface area contributed by atoms with E-state index < -0.39 is 5.97 Å². The van der Waals surface area contributed by atoms with Gasteiger partial charge in [-0.3, -0.25) is 9.59 Å². The number of nitrogens with one attached hydrogen (secondary N) is 1. The van der Waals surface area contributed by atoms with E-state index in [0.29, 0.717) is 13.0 Å². The van der Waals surface area contributed by atoms with Crippen molar-refractivity contribution >= 4 is 11.9 Å². The first-order chi connectivity index (χ1) is 7.61. The van der Waals surface area contributed by atoms with Crippen molar-refractivity contribution in [3.8, 4) is 0 Å². The predicted octanol–water partition coefficient (Wildman–Crippen LogP) is 0.309. The highest BCUT2D eigenvalue weighted by Gasteiger charge is 2.23.